The number of para-hydroxylation sites is 1. The molecular weight excluding hydrogens is 574 g/mol. The molecule has 4 fully saturated rings. The molecule has 8 heteroatoms. The van der Waals surface area contributed by atoms with Crippen molar-refractivity contribution in [2.24, 2.45) is 22.7 Å². The van der Waals surface area contributed by atoms with Crippen molar-refractivity contribution in [2.45, 2.75) is 55.7 Å². The SMILES string of the molecule is O=C(NC1C2CC3CC1CC(O)(C3)C2)c1ccc(Cc2cn(-c3ccccc3)c3cc(C4=NC(Cl)CO4)ccc3c2=O)cc1. The van der Waals surface area contributed by atoms with Crippen molar-refractivity contribution in [1.29, 1.82) is 0 Å². The van der Waals surface area contributed by atoms with Gasteiger partial charge in [0, 0.05) is 46.4 Å². The summed E-state index contributed by atoms with van der Waals surface area (Å²) in [4.78, 5) is 31.4. The predicted molar refractivity (Wildman–Crippen MR) is 171 cm³/mol. The summed E-state index contributed by atoms with van der Waals surface area (Å²) in [5.74, 6) is 1.74. The maximum absolute atomic E-state index is 13.8. The Hall–Kier alpha value is -3.94. The molecular formula is C36H34ClN3O4. The third kappa shape index (κ3) is 4.92. The number of alkyl halides is 1. The van der Waals surface area contributed by atoms with Crippen LogP contribution in [0.3, 0.4) is 0 Å². The fraction of sp³-hybridized carbons (Fsp3) is 0.361. The summed E-state index contributed by atoms with van der Waals surface area (Å²) in [5.41, 5.74) is 3.73. The van der Waals surface area contributed by atoms with Gasteiger partial charge in [-0.1, -0.05) is 41.9 Å². The molecule has 0 spiro atoms. The van der Waals surface area contributed by atoms with Crippen LogP contribution in [0.1, 0.15) is 59.2 Å². The highest BCUT2D eigenvalue weighted by Crippen LogP contribution is 2.55. The van der Waals surface area contributed by atoms with Crippen molar-refractivity contribution in [2.75, 3.05) is 6.61 Å². The van der Waals surface area contributed by atoms with Gasteiger partial charge in [-0.25, -0.2) is 4.99 Å². The van der Waals surface area contributed by atoms with E-state index in [0.29, 0.717) is 53.2 Å². The number of aliphatic imine (C=N–C) groups is 1. The number of nitrogens with one attached hydrogen (secondary N) is 1. The van der Waals surface area contributed by atoms with Crippen LogP contribution in [0.25, 0.3) is 16.6 Å². The molecule has 4 saturated carbocycles. The molecule has 5 aliphatic rings. The molecule has 2 heterocycles. The highest BCUT2D eigenvalue weighted by Gasteiger charge is 2.55. The van der Waals surface area contributed by atoms with Crippen LogP contribution in [0.15, 0.2) is 88.8 Å². The van der Waals surface area contributed by atoms with E-state index in [1.165, 1.54) is 0 Å². The molecule has 224 valence electrons. The number of rotatable bonds is 6. The molecule has 0 radical (unpaired) electrons. The number of fused-ring (bicyclic) bond motifs is 1. The lowest BCUT2D eigenvalue weighted by atomic mass is 9.52. The lowest BCUT2D eigenvalue weighted by molar-refractivity contribution is -0.136. The minimum atomic E-state index is -0.517. The summed E-state index contributed by atoms with van der Waals surface area (Å²) in [6.07, 6.45) is 7.08. The first-order valence-electron chi connectivity index (χ1n) is 15.5. The van der Waals surface area contributed by atoms with Gasteiger partial charge < -0.3 is 19.7 Å². The molecule has 4 aliphatic carbocycles. The molecule has 1 aliphatic heterocycles. The van der Waals surface area contributed by atoms with Crippen molar-refractivity contribution in [1.82, 2.24) is 9.88 Å². The minimum absolute atomic E-state index is 0.0337. The number of amides is 1. The fourth-order valence-electron chi connectivity index (χ4n) is 8.39. The Morgan fingerprint density at radius 2 is 1.77 bits per heavy atom. The van der Waals surface area contributed by atoms with Crippen LogP contribution in [-0.4, -0.2) is 45.2 Å². The largest absolute Gasteiger partial charge is 0.474 e. The van der Waals surface area contributed by atoms with Crippen LogP contribution in [0.2, 0.25) is 0 Å². The number of aromatic nitrogens is 1. The van der Waals surface area contributed by atoms with E-state index in [9.17, 15) is 14.7 Å². The number of benzene rings is 3. The van der Waals surface area contributed by atoms with E-state index in [2.05, 4.69) is 10.3 Å². The standard InChI is InChI=1S/C36H34ClN3O4/c37-31-20-44-35(38-31)24-10-11-29-30(15-24)40(28-4-2-1-3-5-28)19-27(33(29)41)12-21-6-8-23(9-7-21)34(42)39-32-25-13-22-14-26(32)18-36(43,16-22)17-25/h1-11,15,19,22,25-26,31-32,43H,12-14,16-18,20H2,(H,39,42). The van der Waals surface area contributed by atoms with Crippen molar-refractivity contribution in [3.05, 3.63) is 111 Å². The average molecular weight is 608 g/mol. The Morgan fingerprint density at radius 3 is 2.45 bits per heavy atom. The Balaban J connectivity index is 1.06. The van der Waals surface area contributed by atoms with Gasteiger partial charge >= 0.3 is 0 Å². The van der Waals surface area contributed by atoms with Crippen molar-refractivity contribution in [3.63, 3.8) is 0 Å². The van der Waals surface area contributed by atoms with E-state index in [-0.39, 0.29) is 17.4 Å². The van der Waals surface area contributed by atoms with E-state index in [1.54, 1.807) is 0 Å². The number of carbonyl (C=O) groups is 1. The fourth-order valence-corrected chi connectivity index (χ4v) is 8.55. The van der Waals surface area contributed by atoms with Crippen LogP contribution in [0, 0.1) is 17.8 Å². The van der Waals surface area contributed by atoms with E-state index in [4.69, 9.17) is 16.3 Å². The molecule has 3 aromatic carbocycles. The molecule has 7 nitrogen and oxygen atoms in total. The second-order valence-electron chi connectivity index (χ2n) is 13.2. The van der Waals surface area contributed by atoms with Gasteiger partial charge in [-0.15, -0.1) is 0 Å². The van der Waals surface area contributed by atoms with Gasteiger partial charge in [-0.05, 0) is 97.9 Å². The molecule has 9 rings (SSSR count). The predicted octanol–water partition coefficient (Wildman–Crippen LogP) is 5.59. The van der Waals surface area contributed by atoms with Gasteiger partial charge in [-0.2, -0.15) is 0 Å². The molecule has 3 unspecified atom stereocenters. The monoisotopic (exact) mass is 607 g/mol. The smallest absolute Gasteiger partial charge is 0.251 e. The highest BCUT2D eigenvalue weighted by molar-refractivity contribution is 6.22. The Labute approximate surface area is 260 Å². The number of ether oxygens (including phenoxy) is 1. The minimum Gasteiger partial charge on any atom is -0.474 e. The van der Waals surface area contributed by atoms with Crippen molar-refractivity contribution >= 4 is 34.3 Å². The zero-order valence-corrected chi connectivity index (χ0v) is 25.0. The summed E-state index contributed by atoms with van der Waals surface area (Å²) >= 11 is 6.13. The molecule has 4 aromatic rings. The molecule has 44 heavy (non-hydrogen) atoms. The summed E-state index contributed by atoms with van der Waals surface area (Å²) < 4.78 is 7.70. The molecule has 1 aromatic heterocycles. The van der Waals surface area contributed by atoms with Crippen molar-refractivity contribution < 1.29 is 14.6 Å². The van der Waals surface area contributed by atoms with Crippen LogP contribution >= 0.6 is 11.6 Å². The first-order valence-corrected chi connectivity index (χ1v) is 16.0. The van der Waals surface area contributed by atoms with Crippen LogP contribution in [-0.2, 0) is 11.2 Å². The highest BCUT2D eigenvalue weighted by atomic mass is 35.5. The summed E-state index contributed by atoms with van der Waals surface area (Å²) in [6.45, 7) is 0.326. The van der Waals surface area contributed by atoms with Crippen LogP contribution in [0.5, 0.6) is 0 Å². The number of hydrogen-bond acceptors (Lipinski definition) is 5. The summed E-state index contributed by atoms with van der Waals surface area (Å²) in [7, 11) is 0. The van der Waals surface area contributed by atoms with Gasteiger partial charge in [0.25, 0.3) is 5.91 Å². The van der Waals surface area contributed by atoms with Crippen molar-refractivity contribution in [3.8, 4) is 5.69 Å². The molecule has 0 saturated heterocycles. The summed E-state index contributed by atoms with van der Waals surface area (Å²) in [6, 6.07) is 23.3. The Morgan fingerprint density at radius 1 is 1.02 bits per heavy atom. The van der Waals surface area contributed by atoms with E-state index in [0.717, 1.165) is 54.4 Å². The number of aliphatic hydroxyl groups is 1. The Kier molecular flexibility index (Phi) is 6.65. The number of halogens is 1. The third-order valence-corrected chi connectivity index (χ3v) is 10.3. The van der Waals surface area contributed by atoms with Gasteiger partial charge in [0.2, 0.25) is 5.90 Å². The van der Waals surface area contributed by atoms with E-state index in [1.807, 2.05) is 83.6 Å². The van der Waals surface area contributed by atoms with Gasteiger partial charge in [0.15, 0.2) is 10.9 Å². The number of carbonyl (C=O) groups excluding carboxylic acids is 1. The lowest BCUT2D eigenvalue weighted by Crippen LogP contribution is -2.61. The van der Waals surface area contributed by atoms with Crippen LogP contribution in [0.4, 0.5) is 0 Å². The normalized spacial score (nSPS) is 28.6. The quantitative estimate of drug-likeness (QED) is 0.221. The third-order valence-electron chi connectivity index (χ3n) is 10.1. The topological polar surface area (TPSA) is 92.9 Å². The summed E-state index contributed by atoms with van der Waals surface area (Å²) in [5, 5.41) is 14.8. The second-order valence-corrected chi connectivity index (χ2v) is 13.7. The van der Waals surface area contributed by atoms with Crippen LogP contribution < -0.4 is 10.7 Å². The maximum Gasteiger partial charge on any atom is 0.251 e. The zero-order valence-electron chi connectivity index (χ0n) is 24.3. The first kappa shape index (κ1) is 27.6. The first-order chi connectivity index (χ1) is 21.3. The maximum atomic E-state index is 13.8. The van der Waals surface area contributed by atoms with Gasteiger partial charge in [-0.3, -0.25) is 9.59 Å². The molecule has 3 atom stereocenters. The zero-order chi connectivity index (χ0) is 30.0. The molecule has 4 bridgehead atoms. The van der Waals surface area contributed by atoms with Gasteiger partial charge in [0.1, 0.15) is 6.61 Å². The second kappa shape index (κ2) is 10.6. The Bertz CT molecular complexity index is 1840. The van der Waals surface area contributed by atoms with E-state index >= 15 is 0 Å². The van der Waals surface area contributed by atoms with Gasteiger partial charge in [0.05, 0.1) is 11.1 Å². The number of hydrogen-bond donors (Lipinski definition) is 2. The van der Waals surface area contributed by atoms with E-state index < -0.39 is 11.1 Å². The molecule has 2 N–H and O–H groups in total. The average Bonchev–Trinajstić information content (AvgIpc) is 3.46. The number of pyridine rings is 1. The number of nitrogens with zero attached hydrogens (tertiary/aromatic N) is 2. The lowest BCUT2D eigenvalue weighted by Gasteiger charge is -2.58. The molecule has 1 amide bonds.